The van der Waals surface area contributed by atoms with Crippen molar-refractivity contribution in [1.29, 1.82) is 0 Å². The third-order valence-electron chi connectivity index (χ3n) is 5.91. The molecular formula is C15H25I2N2O2-. The maximum absolute atomic E-state index is 13.1. The number of carbonyl (C=O) groups excluding carboxylic acids is 1. The summed E-state index contributed by atoms with van der Waals surface area (Å²) in [6.45, 7) is 2.16. The third kappa shape index (κ3) is 2.21. The van der Waals surface area contributed by atoms with E-state index in [9.17, 15) is 4.79 Å². The first-order chi connectivity index (χ1) is 10.1. The Morgan fingerprint density at radius 1 is 1.24 bits per heavy atom. The van der Waals surface area contributed by atoms with E-state index in [1.54, 1.807) is 0 Å². The summed E-state index contributed by atoms with van der Waals surface area (Å²) < 4.78 is 13.3. The van der Waals surface area contributed by atoms with Gasteiger partial charge in [0.2, 0.25) is 0 Å². The van der Waals surface area contributed by atoms with Gasteiger partial charge in [-0.3, -0.25) is 0 Å². The SMILES string of the molecule is C[I-]C(C)(C(=O)OC1(C2CCCC2)CCCC1)C12NI1N2. The number of rotatable bonds is 5. The Balaban J connectivity index is 1.53. The van der Waals surface area contributed by atoms with Crippen LogP contribution < -0.4 is 28.3 Å². The molecule has 21 heavy (non-hydrogen) atoms. The zero-order chi connectivity index (χ0) is 14.7. The second-order valence-corrected chi connectivity index (χ2v) is 14.5. The van der Waals surface area contributed by atoms with Crippen LogP contribution in [0, 0.1) is 5.92 Å². The number of hydrogen-bond donors (Lipinski definition) is 2. The number of nitrogens with one attached hydrogen (secondary N) is 2. The van der Waals surface area contributed by atoms with Crippen LogP contribution >= 0.6 is 20.4 Å². The molecule has 2 N–H and O–H groups in total. The van der Waals surface area contributed by atoms with Gasteiger partial charge in [0.25, 0.3) is 0 Å². The predicted octanol–water partition coefficient (Wildman–Crippen LogP) is -0.293. The summed E-state index contributed by atoms with van der Waals surface area (Å²) in [6.07, 6.45) is 9.88. The second-order valence-electron chi connectivity index (χ2n) is 6.97. The van der Waals surface area contributed by atoms with Crippen molar-refractivity contribution in [3.8, 4) is 0 Å². The molecule has 0 spiro atoms. The summed E-state index contributed by atoms with van der Waals surface area (Å²) in [7, 11) is 0. The first-order valence-corrected chi connectivity index (χ1v) is 14.5. The molecule has 0 aromatic carbocycles. The Morgan fingerprint density at radius 2 is 1.81 bits per heavy atom. The van der Waals surface area contributed by atoms with E-state index in [1.807, 2.05) is 0 Å². The van der Waals surface area contributed by atoms with Gasteiger partial charge in [-0.15, -0.1) is 0 Å². The second kappa shape index (κ2) is 5.17. The van der Waals surface area contributed by atoms with Crippen LogP contribution in [0.4, 0.5) is 0 Å². The fourth-order valence-electron chi connectivity index (χ4n) is 4.23. The first kappa shape index (κ1) is 15.4. The Labute approximate surface area is 145 Å². The van der Waals surface area contributed by atoms with E-state index in [0.717, 1.165) is 12.8 Å². The molecule has 0 aromatic heterocycles. The van der Waals surface area contributed by atoms with Crippen molar-refractivity contribution in [2.24, 2.45) is 5.92 Å². The molecule has 4 fully saturated rings. The van der Waals surface area contributed by atoms with Crippen LogP contribution in [0.1, 0.15) is 58.3 Å². The molecule has 4 nitrogen and oxygen atoms in total. The molecule has 1 unspecified atom stereocenters. The van der Waals surface area contributed by atoms with E-state index in [0.29, 0.717) is 5.92 Å². The van der Waals surface area contributed by atoms with Crippen LogP contribution in [0.5, 0.6) is 0 Å². The van der Waals surface area contributed by atoms with Crippen LogP contribution in [0.15, 0.2) is 0 Å². The average Bonchev–Trinajstić information content (AvgIpc) is 3.14. The number of alkyl halides is 3. The van der Waals surface area contributed by atoms with Crippen LogP contribution in [0.2, 0.25) is 0 Å². The van der Waals surface area contributed by atoms with E-state index in [-0.39, 0.29) is 39.9 Å². The molecule has 4 aliphatic rings. The quantitative estimate of drug-likeness (QED) is 0.131. The molecule has 2 aliphatic carbocycles. The summed E-state index contributed by atoms with van der Waals surface area (Å²) >= 11 is -1.28. The van der Waals surface area contributed by atoms with E-state index in [4.69, 9.17) is 4.74 Å². The van der Waals surface area contributed by atoms with E-state index in [2.05, 4.69) is 18.9 Å². The van der Waals surface area contributed by atoms with Gasteiger partial charge in [0, 0.05) is 0 Å². The molecule has 2 aliphatic heterocycles. The van der Waals surface area contributed by atoms with Gasteiger partial charge in [-0.25, -0.2) is 0 Å². The molecule has 0 bridgehead atoms. The van der Waals surface area contributed by atoms with Crippen molar-refractivity contribution < 1.29 is 30.7 Å². The fraction of sp³-hybridized carbons (Fsp3) is 0.933. The van der Waals surface area contributed by atoms with Crippen molar-refractivity contribution in [3.63, 3.8) is 0 Å². The van der Waals surface area contributed by atoms with E-state index in [1.165, 1.54) is 38.5 Å². The van der Waals surface area contributed by atoms with E-state index >= 15 is 0 Å². The minimum atomic E-state index is -1.09. The number of halogens is 2. The standard InChI is InChI=1S/C15H25I2N2O2/c1-13(16-2,15-17(18-15)19-15)12(20)21-14(9-5-6-10-14)11-7-3-4-8-11/h11,18-19H,3-10H2,1-2H3/q-1. The van der Waals surface area contributed by atoms with Gasteiger partial charge in [-0.2, -0.15) is 0 Å². The average molecular weight is 519 g/mol. The zero-order valence-electron chi connectivity index (χ0n) is 12.8. The molecule has 2 saturated carbocycles. The van der Waals surface area contributed by atoms with E-state index < -0.39 is 20.4 Å². The number of esters is 1. The number of ether oxygens (including phenoxy) is 1. The summed E-state index contributed by atoms with van der Waals surface area (Å²) in [5.74, 6) is 0.749. The summed E-state index contributed by atoms with van der Waals surface area (Å²) in [4.78, 5) is 15.3. The predicted molar refractivity (Wildman–Crippen MR) is 86.6 cm³/mol. The first-order valence-electron chi connectivity index (χ1n) is 8.06. The molecule has 2 heterocycles. The van der Waals surface area contributed by atoms with Crippen molar-refractivity contribution in [3.05, 3.63) is 0 Å². The van der Waals surface area contributed by atoms with Crippen molar-refractivity contribution >= 4 is 26.3 Å². The molecule has 0 aromatic rings. The normalized spacial score (nSPS) is 33.5. The van der Waals surface area contributed by atoms with Gasteiger partial charge >= 0.3 is 146 Å². The van der Waals surface area contributed by atoms with Gasteiger partial charge in [0.05, 0.1) is 0 Å². The Kier molecular flexibility index (Phi) is 3.79. The van der Waals surface area contributed by atoms with Gasteiger partial charge in [-0.05, 0) is 0 Å². The molecular weight excluding hydrogens is 494 g/mol. The summed E-state index contributed by atoms with van der Waals surface area (Å²) in [5, 5.41) is 0. The van der Waals surface area contributed by atoms with Gasteiger partial charge in [-0.1, -0.05) is 0 Å². The Bertz CT molecular complexity index is 455. The molecule has 6 heteroatoms. The van der Waals surface area contributed by atoms with Crippen LogP contribution in [-0.2, 0) is 9.53 Å². The number of fused-ring (bicyclic) bond motifs is 1. The minimum absolute atomic E-state index is 0.0610. The fourth-order valence-corrected chi connectivity index (χ4v) is 14.5. The van der Waals surface area contributed by atoms with Crippen LogP contribution in [-0.4, -0.2) is 23.6 Å². The third-order valence-corrected chi connectivity index (χ3v) is 15.2. The zero-order valence-corrected chi connectivity index (χ0v) is 17.1. The monoisotopic (exact) mass is 519 g/mol. The Hall–Kier alpha value is 0.850. The number of hydrogen-bond acceptors (Lipinski definition) is 4. The van der Waals surface area contributed by atoms with Crippen molar-refractivity contribution in [2.45, 2.75) is 71.0 Å². The van der Waals surface area contributed by atoms with Crippen molar-refractivity contribution in [1.82, 2.24) is 7.06 Å². The molecule has 0 radical (unpaired) electrons. The number of carbonyl (C=O) groups is 1. The van der Waals surface area contributed by atoms with Crippen molar-refractivity contribution in [2.75, 3.05) is 4.93 Å². The summed E-state index contributed by atoms with van der Waals surface area (Å²) in [6, 6.07) is 0. The molecule has 0 amide bonds. The topological polar surface area (TPSA) is 70.2 Å². The van der Waals surface area contributed by atoms with Gasteiger partial charge in [0.15, 0.2) is 0 Å². The van der Waals surface area contributed by atoms with Gasteiger partial charge < -0.3 is 0 Å². The molecule has 2 saturated heterocycles. The molecule has 4 rings (SSSR count). The van der Waals surface area contributed by atoms with Crippen LogP contribution in [0.25, 0.3) is 0 Å². The van der Waals surface area contributed by atoms with Gasteiger partial charge in [0.1, 0.15) is 0 Å². The van der Waals surface area contributed by atoms with Crippen LogP contribution in [0.3, 0.4) is 0 Å². The molecule has 122 valence electrons. The Morgan fingerprint density at radius 3 is 2.29 bits per heavy atom. The maximum atomic E-state index is 13.1. The molecule has 1 atom stereocenters. The summed E-state index contributed by atoms with van der Waals surface area (Å²) in [5.41, 5.74) is -0.104.